The van der Waals surface area contributed by atoms with Gasteiger partial charge in [-0.2, -0.15) is 4.31 Å². The summed E-state index contributed by atoms with van der Waals surface area (Å²) >= 11 is 0. The van der Waals surface area contributed by atoms with Crippen molar-refractivity contribution < 1.29 is 32.2 Å². The lowest BCUT2D eigenvalue weighted by molar-refractivity contribution is -0.122. The van der Waals surface area contributed by atoms with Crippen LogP contribution in [0.1, 0.15) is 34.2 Å². The molecule has 1 fully saturated rings. The lowest BCUT2D eigenvalue weighted by atomic mass is 10.0. The van der Waals surface area contributed by atoms with Crippen molar-refractivity contribution in [2.45, 2.75) is 51.5 Å². The van der Waals surface area contributed by atoms with E-state index in [1.54, 1.807) is 50.2 Å². The number of sulfonamides is 1. The summed E-state index contributed by atoms with van der Waals surface area (Å²) in [6, 6.07) is 12.6. The number of ether oxygens (including phenoxy) is 3. The number of carbonyl (C=O) groups excluding carboxylic acids is 2. The fourth-order valence-electron chi connectivity index (χ4n) is 5.25. The highest BCUT2D eigenvalue weighted by molar-refractivity contribution is 7.89. The predicted molar refractivity (Wildman–Crippen MR) is 156 cm³/mol. The van der Waals surface area contributed by atoms with E-state index in [2.05, 4.69) is 0 Å². The van der Waals surface area contributed by atoms with Crippen molar-refractivity contribution in [3.63, 3.8) is 0 Å². The molecule has 1 atom stereocenters. The summed E-state index contributed by atoms with van der Waals surface area (Å²) in [6.07, 6.45) is 0.0158. The Balaban J connectivity index is 1.78. The summed E-state index contributed by atoms with van der Waals surface area (Å²) in [4.78, 5) is 28.3. The Bertz CT molecular complexity index is 1560. The molecule has 2 amide bonds. The molecule has 41 heavy (non-hydrogen) atoms. The third-order valence-electron chi connectivity index (χ3n) is 7.73. The summed E-state index contributed by atoms with van der Waals surface area (Å²) < 4.78 is 46.1. The van der Waals surface area contributed by atoms with E-state index in [0.717, 1.165) is 21.6 Å². The monoisotopic (exact) mass is 580 g/mol. The van der Waals surface area contributed by atoms with Crippen molar-refractivity contribution >= 4 is 27.5 Å². The van der Waals surface area contributed by atoms with Crippen LogP contribution in [0.2, 0.25) is 0 Å². The molecule has 1 unspecified atom stereocenters. The quantitative estimate of drug-likeness (QED) is 0.325. The Hall–Kier alpha value is -3.89. The van der Waals surface area contributed by atoms with Crippen molar-refractivity contribution in [2.24, 2.45) is 0 Å². The SMILES string of the molecule is COc1ccc(N2C(=O)CC(N(CCc3ccc(OC)c(OC)c3)S(=O)(=O)c3c(C)c(C)cc(C)c3C)C2=O)cc1. The molecule has 4 rings (SSSR count). The fraction of sp³-hybridized carbons (Fsp3) is 0.355. The molecule has 0 bridgehead atoms. The number of imide groups is 1. The fourth-order valence-corrected chi connectivity index (χ4v) is 7.41. The lowest BCUT2D eigenvalue weighted by Crippen LogP contribution is -2.46. The normalized spacial score (nSPS) is 15.5. The van der Waals surface area contributed by atoms with E-state index in [0.29, 0.717) is 34.1 Å². The number of carbonyl (C=O) groups is 2. The molecule has 0 N–H and O–H groups in total. The minimum absolute atomic E-state index is 0.0240. The first-order chi connectivity index (χ1) is 19.4. The molecule has 9 nitrogen and oxygen atoms in total. The Labute approximate surface area is 241 Å². The van der Waals surface area contributed by atoms with Crippen LogP contribution in [0, 0.1) is 27.7 Å². The number of methoxy groups -OCH3 is 3. The molecule has 3 aromatic rings. The lowest BCUT2D eigenvalue weighted by Gasteiger charge is -2.29. The summed E-state index contributed by atoms with van der Waals surface area (Å²) in [5, 5.41) is 0. The number of anilines is 1. The van der Waals surface area contributed by atoms with Gasteiger partial charge in [0.15, 0.2) is 11.5 Å². The molecule has 0 aromatic heterocycles. The molecule has 1 heterocycles. The first-order valence-corrected chi connectivity index (χ1v) is 14.7. The van der Waals surface area contributed by atoms with E-state index in [1.165, 1.54) is 25.6 Å². The average molecular weight is 581 g/mol. The minimum Gasteiger partial charge on any atom is -0.497 e. The van der Waals surface area contributed by atoms with Crippen LogP contribution >= 0.6 is 0 Å². The first-order valence-electron chi connectivity index (χ1n) is 13.3. The standard InChI is InChI=1S/C31H36N2O7S/c1-19-16-20(2)22(4)30(21(19)3)41(36,37)32(15-14-23-8-13-27(39-6)28(17-23)40-7)26-18-29(34)33(31(26)35)24-9-11-25(38-5)12-10-24/h8-13,16-17,26H,14-15,18H2,1-7H3. The maximum absolute atomic E-state index is 14.5. The van der Waals surface area contributed by atoms with Crippen molar-refractivity contribution in [3.8, 4) is 17.2 Å². The van der Waals surface area contributed by atoms with Gasteiger partial charge in [0.2, 0.25) is 15.9 Å². The van der Waals surface area contributed by atoms with Gasteiger partial charge in [-0.3, -0.25) is 9.59 Å². The number of amides is 2. The van der Waals surface area contributed by atoms with Crippen molar-refractivity contribution in [1.29, 1.82) is 0 Å². The van der Waals surface area contributed by atoms with Crippen LogP contribution in [0.25, 0.3) is 0 Å². The van der Waals surface area contributed by atoms with Crippen molar-refractivity contribution in [3.05, 3.63) is 76.3 Å². The molecule has 218 valence electrons. The van der Waals surface area contributed by atoms with Gasteiger partial charge in [0, 0.05) is 6.54 Å². The highest BCUT2D eigenvalue weighted by Gasteiger charge is 2.47. The zero-order valence-electron chi connectivity index (χ0n) is 24.5. The third kappa shape index (κ3) is 5.67. The predicted octanol–water partition coefficient (Wildman–Crippen LogP) is 4.51. The number of rotatable bonds is 10. The van der Waals surface area contributed by atoms with Crippen LogP contribution in [-0.2, 0) is 26.0 Å². The van der Waals surface area contributed by atoms with Crippen LogP contribution < -0.4 is 19.1 Å². The Morgan fingerprint density at radius 1 is 0.829 bits per heavy atom. The summed E-state index contributed by atoms with van der Waals surface area (Å²) in [5.74, 6) is 0.581. The third-order valence-corrected chi connectivity index (χ3v) is 9.92. The van der Waals surface area contributed by atoms with Crippen LogP contribution in [-0.4, -0.2) is 58.5 Å². The zero-order valence-corrected chi connectivity index (χ0v) is 25.3. The van der Waals surface area contributed by atoms with Gasteiger partial charge < -0.3 is 14.2 Å². The van der Waals surface area contributed by atoms with E-state index in [9.17, 15) is 18.0 Å². The maximum atomic E-state index is 14.5. The summed E-state index contributed by atoms with van der Waals surface area (Å²) in [6.45, 7) is 7.25. The maximum Gasteiger partial charge on any atom is 0.252 e. The van der Waals surface area contributed by atoms with Crippen LogP contribution in [0.5, 0.6) is 17.2 Å². The van der Waals surface area contributed by atoms with Crippen molar-refractivity contribution in [2.75, 3.05) is 32.8 Å². The molecule has 0 radical (unpaired) electrons. The Morgan fingerprint density at radius 3 is 2.00 bits per heavy atom. The van der Waals surface area contributed by atoms with Gasteiger partial charge >= 0.3 is 0 Å². The Morgan fingerprint density at radius 2 is 1.44 bits per heavy atom. The highest BCUT2D eigenvalue weighted by atomic mass is 32.2. The molecule has 0 spiro atoms. The number of hydrogen-bond acceptors (Lipinski definition) is 7. The van der Waals surface area contributed by atoms with Gasteiger partial charge in [0.1, 0.15) is 11.8 Å². The van der Waals surface area contributed by atoms with E-state index < -0.39 is 27.9 Å². The molecule has 1 aliphatic heterocycles. The van der Waals surface area contributed by atoms with E-state index in [-0.39, 0.29) is 24.3 Å². The average Bonchev–Trinajstić information content (AvgIpc) is 3.24. The first kappa shape index (κ1) is 30.1. The van der Waals surface area contributed by atoms with Gasteiger partial charge in [-0.25, -0.2) is 13.3 Å². The summed E-state index contributed by atoms with van der Waals surface area (Å²) in [7, 11) is 0.386. The van der Waals surface area contributed by atoms with Crippen molar-refractivity contribution in [1.82, 2.24) is 4.31 Å². The molecule has 0 aliphatic carbocycles. The molecular weight excluding hydrogens is 544 g/mol. The van der Waals surface area contributed by atoms with Gasteiger partial charge in [0.05, 0.1) is 38.3 Å². The molecule has 1 aliphatic rings. The molecule has 10 heteroatoms. The Kier molecular flexibility index (Phi) is 8.74. The van der Waals surface area contributed by atoms with E-state index in [1.807, 2.05) is 26.0 Å². The summed E-state index contributed by atoms with van der Waals surface area (Å²) in [5.41, 5.74) is 4.06. The number of nitrogens with zero attached hydrogens (tertiary/aromatic N) is 2. The second kappa shape index (κ2) is 11.9. The highest BCUT2D eigenvalue weighted by Crippen LogP contribution is 2.35. The second-order valence-corrected chi connectivity index (χ2v) is 12.0. The van der Waals surface area contributed by atoms with Crippen LogP contribution in [0.4, 0.5) is 5.69 Å². The molecule has 0 saturated carbocycles. The van der Waals surface area contributed by atoms with E-state index >= 15 is 0 Å². The largest absolute Gasteiger partial charge is 0.497 e. The molecular formula is C31H36N2O7S. The van der Waals surface area contributed by atoms with Gasteiger partial charge in [0.25, 0.3) is 5.91 Å². The molecule has 3 aromatic carbocycles. The smallest absolute Gasteiger partial charge is 0.252 e. The number of benzene rings is 3. The zero-order chi connectivity index (χ0) is 30.1. The minimum atomic E-state index is -4.20. The number of aryl methyl sites for hydroxylation is 2. The topological polar surface area (TPSA) is 102 Å². The van der Waals surface area contributed by atoms with Crippen LogP contribution in [0.15, 0.2) is 53.4 Å². The van der Waals surface area contributed by atoms with Crippen LogP contribution in [0.3, 0.4) is 0 Å². The second-order valence-electron chi connectivity index (χ2n) is 10.1. The number of hydrogen-bond donors (Lipinski definition) is 0. The van der Waals surface area contributed by atoms with Gasteiger partial charge in [-0.1, -0.05) is 12.1 Å². The van der Waals surface area contributed by atoms with E-state index in [4.69, 9.17) is 14.2 Å². The van der Waals surface area contributed by atoms with Gasteiger partial charge in [-0.15, -0.1) is 0 Å². The van der Waals surface area contributed by atoms with Gasteiger partial charge in [-0.05, 0) is 98.3 Å². The molecule has 1 saturated heterocycles.